The number of carbonyl (C=O) groups is 1. The maximum absolute atomic E-state index is 11.3. The molecule has 1 saturated heterocycles. The molecule has 1 fully saturated rings. The van der Waals surface area contributed by atoms with Crippen molar-refractivity contribution in [3.05, 3.63) is 17.2 Å². The zero-order valence-corrected chi connectivity index (χ0v) is 11.4. The van der Waals surface area contributed by atoms with Crippen LogP contribution in [0.3, 0.4) is 0 Å². The molecule has 1 N–H and O–H groups in total. The van der Waals surface area contributed by atoms with Crippen molar-refractivity contribution in [1.29, 1.82) is 0 Å². The molecule has 2 aliphatic heterocycles. The van der Waals surface area contributed by atoms with Crippen molar-refractivity contribution in [3.63, 3.8) is 0 Å². The maximum atomic E-state index is 11.3. The molecule has 4 nitrogen and oxygen atoms in total. The largest absolute Gasteiger partial charge is 0.476 e. The summed E-state index contributed by atoms with van der Waals surface area (Å²) in [5.41, 5.74) is 1.25. The molecule has 0 bridgehead atoms. The standard InChI is InChI=1S/C13H18N2O2S/c1-8-3-2-4-10-11(13(16)17)14-12(15(8)10)9-5-6-18-7-9/h8-9H,2-7H2,1H3,(H,16,17). The number of rotatable bonds is 2. The first-order chi connectivity index (χ1) is 8.68. The van der Waals surface area contributed by atoms with E-state index in [1.165, 1.54) is 5.75 Å². The average Bonchev–Trinajstić information content (AvgIpc) is 2.95. The van der Waals surface area contributed by atoms with Crippen LogP contribution in [0, 0.1) is 0 Å². The first kappa shape index (κ1) is 12.1. The minimum absolute atomic E-state index is 0.299. The molecule has 98 valence electrons. The molecule has 1 aromatic rings. The maximum Gasteiger partial charge on any atom is 0.356 e. The van der Waals surface area contributed by atoms with Crippen LogP contribution < -0.4 is 0 Å². The predicted octanol–water partition coefficient (Wildman–Crippen LogP) is 2.70. The summed E-state index contributed by atoms with van der Waals surface area (Å²) in [4.78, 5) is 15.8. The van der Waals surface area contributed by atoms with Gasteiger partial charge in [0, 0.05) is 17.7 Å². The Hall–Kier alpha value is -0.970. The molecule has 0 amide bonds. The first-order valence-electron chi connectivity index (χ1n) is 6.60. The number of carboxylic acid groups (broad SMARTS) is 1. The smallest absolute Gasteiger partial charge is 0.356 e. The summed E-state index contributed by atoms with van der Waals surface area (Å²) in [5, 5.41) is 9.30. The minimum Gasteiger partial charge on any atom is -0.476 e. The van der Waals surface area contributed by atoms with E-state index in [9.17, 15) is 9.90 Å². The van der Waals surface area contributed by atoms with Crippen LogP contribution in [-0.2, 0) is 6.42 Å². The molecule has 0 aliphatic carbocycles. The Morgan fingerprint density at radius 3 is 3.00 bits per heavy atom. The van der Waals surface area contributed by atoms with Crippen LogP contribution in [0.4, 0.5) is 0 Å². The third-order valence-electron chi connectivity index (χ3n) is 4.01. The Balaban J connectivity index is 2.10. The van der Waals surface area contributed by atoms with Crippen molar-refractivity contribution in [2.75, 3.05) is 11.5 Å². The third kappa shape index (κ3) is 1.85. The molecule has 0 radical (unpaired) electrons. The Labute approximate surface area is 111 Å². The summed E-state index contributed by atoms with van der Waals surface area (Å²) in [5.74, 6) is 2.86. The van der Waals surface area contributed by atoms with Crippen LogP contribution in [0.2, 0.25) is 0 Å². The van der Waals surface area contributed by atoms with Crippen LogP contribution in [0.1, 0.15) is 60.2 Å². The molecule has 2 aliphatic rings. The highest BCUT2D eigenvalue weighted by atomic mass is 32.2. The topological polar surface area (TPSA) is 55.1 Å². The van der Waals surface area contributed by atoms with Gasteiger partial charge in [-0.2, -0.15) is 11.8 Å². The second-order valence-corrected chi connectivity index (χ2v) is 6.39. The highest BCUT2D eigenvalue weighted by molar-refractivity contribution is 7.99. The van der Waals surface area contributed by atoms with E-state index in [0.717, 1.165) is 43.0 Å². The number of hydrogen-bond donors (Lipinski definition) is 1. The van der Waals surface area contributed by atoms with Gasteiger partial charge in [0.15, 0.2) is 5.69 Å². The zero-order chi connectivity index (χ0) is 12.7. The summed E-state index contributed by atoms with van der Waals surface area (Å²) in [6.45, 7) is 2.18. The van der Waals surface area contributed by atoms with Gasteiger partial charge >= 0.3 is 5.97 Å². The lowest BCUT2D eigenvalue weighted by atomic mass is 10.0. The molecule has 3 heterocycles. The molecule has 0 saturated carbocycles. The van der Waals surface area contributed by atoms with Gasteiger partial charge in [-0.15, -0.1) is 0 Å². The number of imidazole rings is 1. The molecule has 2 unspecified atom stereocenters. The van der Waals surface area contributed by atoms with Crippen molar-refractivity contribution < 1.29 is 9.90 Å². The second-order valence-electron chi connectivity index (χ2n) is 5.24. The van der Waals surface area contributed by atoms with E-state index in [4.69, 9.17) is 0 Å². The Morgan fingerprint density at radius 1 is 1.50 bits per heavy atom. The van der Waals surface area contributed by atoms with Crippen LogP contribution in [0.5, 0.6) is 0 Å². The lowest BCUT2D eigenvalue weighted by molar-refractivity contribution is 0.0689. The number of nitrogens with zero attached hydrogens (tertiary/aromatic N) is 2. The van der Waals surface area contributed by atoms with Gasteiger partial charge in [0.2, 0.25) is 0 Å². The van der Waals surface area contributed by atoms with Gasteiger partial charge in [-0.05, 0) is 38.4 Å². The van der Waals surface area contributed by atoms with Crippen molar-refractivity contribution in [2.45, 2.75) is 44.6 Å². The Morgan fingerprint density at radius 2 is 2.33 bits per heavy atom. The molecule has 5 heteroatoms. The van der Waals surface area contributed by atoms with Gasteiger partial charge in [0.25, 0.3) is 0 Å². The summed E-state index contributed by atoms with van der Waals surface area (Å²) in [7, 11) is 0. The van der Waals surface area contributed by atoms with E-state index in [0.29, 0.717) is 17.7 Å². The number of fused-ring (bicyclic) bond motifs is 1. The van der Waals surface area contributed by atoms with Gasteiger partial charge in [-0.25, -0.2) is 9.78 Å². The van der Waals surface area contributed by atoms with Gasteiger partial charge in [0.05, 0.1) is 5.69 Å². The lowest BCUT2D eigenvalue weighted by Gasteiger charge is -2.25. The normalized spacial score (nSPS) is 27.2. The van der Waals surface area contributed by atoms with Gasteiger partial charge in [-0.3, -0.25) is 0 Å². The minimum atomic E-state index is -0.871. The number of aromatic nitrogens is 2. The number of thioether (sulfide) groups is 1. The zero-order valence-electron chi connectivity index (χ0n) is 10.6. The summed E-state index contributed by atoms with van der Waals surface area (Å²) in [6.07, 6.45) is 4.20. The lowest BCUT2D eigenvalue weighted by Crippen LogP contribution is -2.20. The highest BCUT2D eigenvalue weighted by Gasteiger charge is 2.32. The second kappa shape index (κ2) is 4.61. The average molecular weight is 266 g/mol. The third-order valence-corrected chi connectivity index (χ3v) is 5.17. The fourth-order valence-corrected chi connectivity index (χ4v) is 4.33. The van der Waals surface area contributed by atoms with Crippen LogP contribution >= 0.6 is 11.8 Å². The van der Waals surface area contributed by atoms with Gasteiger partial charge < -0.3 is 9.67 Å². The molecule has 3 rings (SSSR count). The monoisotopic (exact) mass is 266 g/mol. The fourth-order valence-electron chi connectivity index (χ4n) is 3.11. The van der Waals surface area contributed by atoms with Crippen molar-refractivity contribution in [2.24, 2.45) is 0 Å². The summed E-state index contributed by atoms with van der Waals surface area (Å²) in [6, 6.07) is 0.398. The van der Waals surface area contributed by atoms with Crippen molar-refractivity contribution in [1.82, 2.24) is 9.55 Å². The first-order valence-corrected chi connectivity index (χ1v) is 7.76. The summed E-state index contributed by atoms with van der Waals surface area (Å²) >= 11 is 1.95. The molecule has 18 heavy (non-hydrogen) atoms. The van der Waals surface area contributed by atoms with E-state index in [1.807, 2.05) is 11.8 Å². The molecule has 2 atom stereocenters. The van der Waals surface area contributed by atoms with Crippen LogP contribution in [0.15, 0.2) is 0 Å². The van der Waals surface area contributed by atoms with Crippen molar-refractivity contribution >= 4 is 17.7 Å². The Bertz CT molecular complexity index is 478. The van der Waals surface area contributed by atoms with E-state index < -0.39 is 5.97 Å². The van der Waals surface area contributed by atoms with Gasteiger partial charge in [-0.1, -0.05) is 0 Å². The van der Waals surface area contributed by atoms with E-state index in [2.05, 4.69) is 16.5 Å². The SMILES string of the molecule is CC1CCCc2c(C(=O)O)nc(C3CCSC3)n21. The predicted molar refractivity (Wildman–Crippen MR) is 71.5 cm³/mol. The van der Waals surface area contributed by atoms with E-state index in [-0.39, 0.29) is 0 Å². The molecule has 0 spiro atoms. The van der Waals surface area contributed by atoms with Crippen LogP contribution in [-0.4, -0.2) is 32.1 Å². The fraction of sp³-hybridized carbons (Fsp3) is 0.692. The van der Waals surface area contributed by atoms with Crippen molar-refractivity contribution in [3.8, 4) is 0 Å². The van der Waals surface area contributed by atoms with Gasteiger partial charge in [0.1, 0.15) is 5.82 Å². The van der Waals surface area contributed by atoms with E-state index >= 15 is 0 Å². The number of aromatic carboxylic acids is 1. The number of carboxylic acids is 1. The molecule has 1 aromatic heterocycles. The quantitative estimate of drug-likeness (QED) is 0.894. The number of hydrogen-bond acceptors (Lipinski definition) is 3. The molecular weight excluding hydrogens is 248 g/mol. The molecular formula is C13H18N2O2S. The summed E-state index contributed by atoms with van der Waals surface area (Å²) < 4.78 is 2.23. The Kier molecular flexibility index (Phi) is 3.09. The van der Waals surface area contributed by atoms with Crippen LogP contribution in [0.25, 0.3) is 0 Å². The van der Waals surface area contributed by atoms with E-state index in [1.54, 1.807) is 0 Å². The molecule has 0 aromatic carbocycles. The highest BCUT2D eigenvalue weighted by Crippen LogP contribution is 2.37.